The first-order valence-corrected chi connectivity index (χ1v) is 3.40. The summed E-state index contributed by atoms with van der Waals surface area (Å²) in [4.78, 5) is 0. The fourth-order valence-electron chi connectivity index (χ4n) is 0.0756. The number of aliphatic hydroxyl groups excluding tert-OH is 1. The molecule has 0 amide bonds. The minimum Gasteiger partial charge on any atom is -0.395 e. The quantitative estimate of drug-likeness (QED) is 0.607. The maximum absolute atomic E-state index is 8.19. The van der Waals surface area contributed by atoms with E-state index >= 15 is 0 Å². The topological polar surface area (TPSA) is 23.5 Å². The molecule has 2 nitrogen and oxygen atoms in total. The summed E-state index contributed by atoms with van der Waals surface area (Å²) in [6.45, 7) is 0.979. The summed E-state index contributed by atoms with van der Waals surface area (Å²) in [5.41, 5.74) is 0. The lowest BCUT2D eigenvalue weighted by Gasteiger charge is -1.96. The summed E-state index contributed by atoms with van der Waals surface area (Å²) < 4.78 is 1.87. The molecule has 38 valence electrons. The molecule has 0 heterocycles. The van der Waals surface area contributed by atoms with Crippen LogP contribution >= 0.6 is 45.7 Å². The molecule has 6 heavy (non-hydrogen) atoms. The molecule has 0 bridgehead atoms. The number of nitrogens with zero attached hydrogens (tertiary/aromatic N) is 1. The predicted octanol–water partition coefficient (Wildman–Crippen LogP) is 0.981. The van der Waals surface area contributed by atoms with Gasteiger partial charge >= 0.3 is 0 Å². The first kappa shape index (κ1) is 7.38. The van der Waals surface area contributed by atoms with Crippen molar-refractivity contribution in [2.45, 2.75) is 0 Å². The average molecular weight is 313 g/mol. The van der Waals surface area contributed by atoms with Gasteiger partial charge in [0.25, 0.3) is 0 Å². The molecule has 0 unspecified atom stereocenters. The highest BCUT2D eigenvalue weighted by Crippen LogP contribution is 2.03. The van der Waals surface area contributed by atoms with E-state index in [1.54, 1.807) is 0 Å². The van der Waals surface area contributed by atoms with Crippen LogP contribution in [0, 0.1) is 0 Å². The molecule has 0 saturated heterocycles. The highest BCUT2D eigenvalue weighted by atomic mass is 127. The second-order valence-electron chi connectivity index (χ2n) is 0.750. The van der Waals surface area contributed by atoms with Crippen LogP contribution in [-0.2, 0) is 0 Å². The van der Waals surface area contributed by atoms with Crippen LogP contribution in [0.1, 0.15) is 0 Å². The van der Waals surface area contributed by atoms with Gasteiger partial charge in [-0.3, -0.25) is 0 Å². The van der Waals surface area contributed by atoms with Crippen LogP contribution in [0.5, 0.6) is 0 Å². The minimum absolute atomic E-state index is 0.242. The molecule has 0 aromatic rings. The molecule has 0 aromatic carbocycles. The fourth-order valence-corrected chi connectivity index (χ4v) is 0.507. The second-order valence-corrected chi connectivity index (χ2v) is 4.93. The van der Waals surface area contributed by atoms with Crippen LogP contribution in [0.2, 0.25) is 0 Å². The van der Waals surface area contributed by atoms with E-state index in [9.17, 15) is 0 Å². The Hall–Kier alpha value is 1.38. The predicted molar refractivity (Wildman–Crippen MR) is 41.8 cm³/mol. The van der Waals surface area contributed by atoms with Crippen molar-refractivity contribution in [3.63, 3.8) is 0 Å². The lowest BCUT2D eigenvalue weighted by Crippen LogP contribution is -2.01. The molecule has 0 aliphatic rings. The summed E-state index contributed by atoms with van der Waals surface area (Å²) in [7, 11) is 0. The van der Waals surface area contributed by atoms with Crippen LogP contribution < -0.4 is 0 Å². The van der Waals surface area contributed by atoms with Crippen molar-refractivity contribution in [3.8, 4) is 0 Å². The third-order valence-electron chi connectivity index (χ3n) is 0.269. The molecule has 0 atom stereocenters. The van der Waals surface area contributed by atoms with E-state index in [4.69, 9.17) is 5.11 Å². The molecule has 4 heteroatoms. The maximum Gasteiger partial charge on any atom is 0.0575 e. The first-order chi connectivity index (χ1) is 2.77. The number of halogens is 2. The van der Waals surface area contributed by atoms with Crippen molar-refractivity contribution in [1.82, 2.24) is 1.33 Å². The molecule has 0 fully saturated rings. The van der Waals surface area contributed by atoms with Gasteiger partial charge in [0.15, 0.2) is 0 Å². The van der Waals surface area contributed by atoms with Crippen molar-refractivity contribution in [2.24, 2.45) is 0 Å². The number of rotatable bonds is 2. The van der Waals surface area contributed by atoms with Crippen molar-refractivity contribution in [3.05, 3.63) is 0 Å². The zero-order valence-electron chi connectivity index (χ0n) is 3.06. The molecular weight excluding hydrogens is 308 g/mol. The van der Waals surface area contributed by atoms with Gasteiger partial charge in [-0.15, -0.1) is 0 Å². The SMILES string of the molecule is OCCN(I)I. The van der Waals surface area contributed by atoms with Gasteiger partial charge in [-0.05, 0) is 0 Å². The molecule has 0 aliphatic heterocycles. The van der Waals surface area contributed by atoms with Crippen molar-refractivity contribution in [2.75, 3.05) is 13.2 Å². The summed E-state index contributed by atoms with van der Waals surface area (Å²) in [5.74, 6) is 0. The van der Waals surface area contributed by atoms with Crippen LogP contribution in [-0.4, -0.2) is 19.6 Å². The van der Waals surface area contributed by atoms with Gasteiger partial charge < -0.3 is 5.11 Å². The Labute approximate surface area is 64.9 Å². The summed E-state index contributed by atoms with van der Waals surface area (Å²) in [6, 6.07) is 0. The molecule has 0 saturated carbocycles. The average Bonchev–Trinajstić information content (AvgIpc) is 1.35. The van der Waals surface area contributed by atoms with E-state index in [-0.39, 0.29) is 6.61 Å². The van der Waals surface area contributed by atoms with E-state index < -0.39 is 0 Å². The van der Waals surface area contributed by atoms with E-state index in [0.29, 0.717) is 0 Å². The highest BCUT2D eigenvalue weighted by Gasteiger charge is 1.85. The van der Waals surface area contributed by atoms with Crippen molar-refractivity contribution >= 4 is 45.7 Å². The Morgan fingerprint density at radius 1 is 1.50 bits per heavy atom. The van der Waals surface area contributed by atoms with Gasteiger partial charge in [0, 0.05) is 52.3 Å². The zero-order chi connectivity index (χ0) is 4.99. The van der Waals surface area contributed by atoms with E-state index in [0.717, 1.165) is 6.54 Å². The number of aliphatic hydroxyl groups is 1. The lowest BCUT2D eigenvalue weighted by molar-refractivity contribution is 0.294. The number of hydrogen-bond acceptors (Lipinski definition) is 2. The normalized spacial score (nSPS) is 10.0. The van der Waals surface area contributed by atoms with E-state index in [1.165, 1.54) is 0 Å². The Bertz CT molecular complexity index is 32.7. The molecule has 1 N–H and O–H groups in total. The van der Waals surface area contributed by atoms with Gasteiger partial charge in [0.2, 0.25) is 0 Å². The molecule has 0 aliphatic carbocycles. The Balaban J connectivity index is 2.63. The summed E-state index contributed by atoms with van der Waals surface area (Å²) >= 11 is 4.20. The van der Waals surface area contributed by atoms with Gasteiger partial charge in [-0.25, -0.2) is 0 Å². The van der Waals surface area contributed by atoms with Crippen LogP contribution in [0.4, 0.5) is 0 Å². The third kappa shape index (κ3) is 5.38. The Kier molecular flexibility index (Phi) is 5.58. The van der Waals surface area contributed by atoms with Crippen LogP contribution in [0.15, 0.2) is 0 Å². The minimum atomic E-state index is 0.242. The molecule has 0 radical (unpaired) electrons. The molecule has 0 spiro atoms. The molecular formula is C2H5I2NO. The number of hydrogen-bond donors (Lipinski definition) is 1. The van der Waals surface area contributed by atoms with Crippen LogP contribution in [0.25, 0.3) is 0 Å². The lowest BCUT2D eigenvalue weighted by atomic mass is 10.8. The highest BCUT2D eigenvalue weighted by molar-refractivity contribution is 14.2. The van der Waals surface area contributed by atoms with Crippen molar-refractivity contribution in [1.29, 1.82) is 0 Å². The van der Waals surface area contributed by atoms with Gasteiger partial charge in [0.1, 0.15) is 0 Å². The smallest absolute Gasteiger partial charge is 0.0575 e. The van der Waals surface area contributed by atoms with Gasteiger partial charge in [-0.1, -0.05) is 0 Å². The Morgan fingerprint density at radius 2 is 2.00 bits per heavy atom. The maximum atomic E-state index is 8.19. The monoisotopic (exact) mass is 313 g/mol. The standard InChI is InChI=1S/C2H5I2NO/c3-5(4)1-2-6/h6H,1-2H2. The van der Waals surface area contributed by atoms with Crippen LogP contribution in [0.3, 0.4) is 0 Å². The fraction of sp³-hybridized carbons (Fsp3) is 1.00. The molecule has 0 aromatic heterocycles. The largest absolute Gasteiger partial charge is 0.395 e. The van der Waals surface area contributed by atoms with Crippen molar-refractivity contribution < 1.29 is 5.11 Å². The first-order valence-electron chi connectivity index (χ1n) is 1.47. The zero-order valence-corrected chi connectivity index (χ0v) is 7.38. The summed E-state index contributed by atoms with van der Waals surface area (Å²) in [5, 5.41) is 8.19. The second kappa shape index (κ2) is 4.54. The van der Waals surface area contributed by atoms with Gasteiger partial charge in [-0.2, -0.15) is 1.33 Å². The van der Waals surface area contributed by atoms with E-state index in [2.05, 4.69) is 45.7 Å². The molecule has 0 rings (SSSR count). The van der Waals surface area contributed by atoms with E-state index in [1.807, 2.05) is 1.33 Å². The Morgan fingerprint density at radius 3 is 2.00 bits per heavy atom. The summed E-state index contributed by atoms with van der Waals surface area (Å²) in [6.07, 6.45) is 0. The van der Waals surface area contributed by atoms with Gasteiger partial charge in [0.05, 0.1) is 6.61 Å². The third-order valence-corrected chi connectivity index (χ3v) is 1.23.